The third kappa shape index (κ3) is 6.52. The van der Waals surface area contributed by atoms with Crippen molar-refractivity contribution >= 4 is 60.4 Å². The maximum absolute atomic E-state index is 9.10. The monoisotopic (exact) mass is 824 g/mol. The summed E-state index contributed by atoms with van der Waals surface area (Å²) in [6.45, 7) is 0. The minimum atomic E-state index is -0.550. The van der Waals surface area contributed by atoms with Crippen LogP contribution in [-0.2, 0) is 0 Å². The molecule has 0 unspecified atom stereocenters. The van der Waals surface area contributed by atoms with Crippen LogP contribution in [0, 0.1) is 0 Å². The predicted octanol–water partition coefficient (Wildman–Crippen LogP) is 17.2. The van der Waals surface area contributed by atoms with E-state index in [4.69, 9.17) is 13.7 Å². The molecule has 0 spiro atoms. The zero-order valence-corrected chi connectivity index (χ0v) is 34.4. The minimum Gasteiger partial charge on any atom is -0.310 e. The van der Waals surface area contributed by atoms with Gasteiger partial charge in [-0.1, -0.05) is 194 Å². The van der Waals surface area contributed by atoms with Gasteiger partial charge in [-0.05, 0) is 121 Å². The number of hydrogen-bond donors (Lipinski definition) is 0. The Morgan fingerprint density at radius 1 is 0.328 bits per heavy atom. The van der Waals surface area contributed by atoms with E-state index in [9.17, 15) is 0 Å². The highest BCUT2D eigenvalue weighted by molar-refractivity contribution is 6.22. The van der Waals surface area contributed by atoms with Gasteiger partial charge in [-0.25, -0.2) is 0 Å². The molecule has 0 bridgehead atoms. The van der Waals surface area contributed by atoms with E-state index in [-0.39, 0.29) is 22.3 Å². The van der Waals surface area contributed by atoms with Crippen molar-refractivity contribution in [3.05, 3.63) is 255 Å². The lowest BCUT2D eigenvalue weighted by Crippen LogP contribution is -2.10. The summed E-state index contributed by atoms with van der Waals surface area (Å²) in [5, 5.41) is 6.29. The van der Waals surface area contributed by atoms with Crippen LogP contribution in [0.4, 0.5) is 17.1 Å². The number of aromatic nitrogens is 1. The van der Waals surface area contributed by atoms with E-state index >= 15 is 0 Å². The lowest BCUT2D eigenvalue weighted by Gasteiger charge is -2.27. The first kappa shape index (κ1) is 28.2. The summed E-state index contributed by atoms with van der Waals surface area (Å²) in [7, 11) is 0. The summed E-state index contributed by atoms with van der Waals surface area (Å²) >= 11 is 0. The van der Waals surface area contributed by atoms with Gasteiger partial charge in [0.1, 0.15) is 0 Å². The molecule has 2 heteroatoms. The summed E-state index contributed by atoms with van der Waals surface area (Å²) in [4.78, 5) is 2.00. The number of fused-ring (bicyclic) bond motifs is 6. The van der Waals surface area contributed by atoms with Crippen LogP contribution in [0.25, 0.3) is 93.5 Å². The molecule has 0 aliphatic carbocycles. The molecular weight excluding hydrogens is 773 g/mol. The third-order valence-electron chi connectivity index (χ3n) is 12.1. The zero-order chi connectivity index (χ0) is 51.1. The maximum atomic E-state index is 9.10. The van der Waals surface area contributed by atoms with Gasteiger partial charge in [-0.15, -0.1) is 0 Å². The molecule has 12 aromatic rings. The molecule has 0 amide bonds. The van der Waals surface area contributed by atoms with Crippen LogP contribution in [0.5, 0.6) is 0 Å². The molecule has 0 aliphatic heterocycles. The van der Waals surface area contributed by atoms with E-state index in [0.29, 0.717) is 17.1 Å². The summed E-state index contributed by atoms with van der Waals surface area (Å²) < 4.78 is 90.2. The molecule has 12 rings (SSSR count). The fourth-order valence-corrected chi connectivity index (χ4v) is 9.22. The molecule has 300 valence electrons. The van der Waals surface area contributed by atoms with Crippen LogP contribution in [0.1, 0.15) is 13.7 Å². The standard InChI is InChI=1S/C62H42N2/c1-5-17-43(18-6-1)46-29-32-51(33-30-46)63(53-40-49(44-19-7-2-8-20-44)39-50(41-53)45-21-9-3-10-22-45)52-34-37-60-58(42-52)62-55-26-14-13-25-48(55)31-36-61(62)64(60)59-38-35-54(47-23-11-4-12-24-47)56-27-15-16-28-57(56)59/h1-42H/i2D,3D,7D,8D,9D,10D,19D,20D,21D,22D. The van der Waals surface area contributed by atoms with Crippen molar-refractivity contribution in [2.24, 2.45) is 0 Å². The van der Waals surface area contributed by atoms with Crippen molar-refractivity contribution in [3.63, 3.8) is 0 Å². The van der Waals surface area contributed by atoms with Gasteiger partial charge in [-0.2, -0.15) is 0 Å². The van der Waals surface area contributed by atoms with E-state index in [0.717, 1.165) is 71.3 Å². The van der Waals surface area contributed by atoms with E-state index in [1.807, 2.05) is 83.8 Å². The summed E-state index contributed by atoms with van der Waals surface area (Å²) in [6.07, 6.45) is 0. The second-order valence-corrected chi connectivity index (χ2v) is 15.8. The molecule has 11 aromatic carbocycles. The Morgan fingerprint density at radius 2 is 0.891 bits per heavy atom. The van der Waals surface area contributed by atoms with Crippen LogP contribution in [-0.4, -0.2) is 4.57 Å². The topological polar surface area (TPSA) is 8.17 Å². The van der Waals surface area contributed by atoms with E-state index in [1.54, 1.807) is 18.2 Å². The molecule has 2 nitrogen and oxygen atoms in total. The van der Waals surface area contributed by atoms with Crippen molar-refractivity contribution in [3.8, 4) is 50.2 Å². The highest BCUT2D eigenvalue weighted by atomic mass is 15.1. The molecule has 1 heterocycles. The molecule has 0 fully saturated rings. The summed E-state index contributed by atoms with van der Waals surface area (Å²) in [5.41, 5.74) is 9.23. The van der Waals surface area contributed by atoms with Crippen molar-refractivity contribution in [2.45, 2.75) is 0 Å². The van der Waals surface area contributed by atoms with Gasteiger partial charge >= 0.3 is 0 Å². The van der Waals surface area contributed by atoms with Crippen LogP contribution in [0.3, 0.4) is 0 Å². The van der Waals surface area contributed by atoms with Crippen molar-refractivity contribution in [1.82, 2.24) is 4.57 Å². The van der Waals surface area contributed by atoms with Crippen LogP contribution < -0.4 is 4.90 Å². The Labute approximate surface area is 387 Å². The minimum absolute atomic E-state index is 0.0960. The molecule has 0 saturated heterocycles. The van der Waals surface area contributed by atoms with Gasteiger partial charge in [0.2, 0.25) is 0 Å². The smallest absolute Gasteiger partial charge is 0.0629 e. The SMILES string of the molecule is [2H]c1c([2H])c([2H])c(-c2cc(-c3c([2H])c([2H])c([2H])c([2H])c3[2H])cc(N(c3ccc(-c4ccccc4)cc3)c3ccc4c(c3)c3c5ccccc5ccc3n4-c3ccc(-c4ccccc4)c4ccccc34)c2)c([2H])c1[2H]. The third-order valence-corrected chi connectivity index (χ3v) is 12.1. The largest absolute Gasteiger partial charge is 0.310 e. The number of nitrogens with zero attached hydrogens (tertiary/aromatic N) is 2. The number of hydrogen-bond acceptors (Lipinski definition) is 1. The second kappa shape index (κ2) is 15.8. The summed E-state index contributed by atoms with van der Waals surface area (Å²) in [5.74, 6) is 0. The number of benzene rings is 11. The van der Waals surface area contributed by atoms with Gasteiger partial charge in [0.05, 0.1) is 30.4 Å². The van der Waals surface area contributed by atoms with Gasteiger partial charge in [0.15, 0.2) is 0 Å². The molecule has 0 saturated carbocycles. The fourth-order valence-electron chi connectivity index (χ4n) is 9.22. The molecule has 1 aromatic heterocycles. The molecule has 0 aliphatic rings. The van der Waals surface area contributed by atoms with Crippen LogP contribution in [0.15, 0.2) is 255 Å². The number of rotatable bonds is 8. The average Bonchev–Trinajstić information content (AvgIpc) is 3.78. The summed E-state index contributed by atoms with van der Waals surface area (Å²) in [6, 6.07) is 60.3. The lowest BCUT2D eigenvalue weighted by molar-refractivity contribution is 1.20. The first-order chi connectivity index (χ1) is 35.9. The molecule has 64 heavy (non-hydrogen) atoms. The Bertz CT molecular complexity index is 4100. The maximum Gasteiger partial charge on any atom is 0.0629 e. The molecule has 0 N–H and O–H groups in total. The lowest BCUT2D eigenvalue weighted by atomic mass is 9.97. The fraction of sp³-hybridized carbons (Fsp3) is 0. The van der Waals surface area contributed by atoms with Crippen molar-refractivity contribution < 1.29 is 13.7 Å². The Kier molecular flexibility index (Phi) is 6.95. The van der Waals surface area contributed by atoms with Gasteiger partial charge in [-0.3, -0.25) is 0 Å². The van der Waals surface area contributed by atoms with Crippen molar-refractivity contribution in [1.29, 1.82) is 0 Å². The first-order valence-electron chi connectivity index (χ1n) is 26.2. The average molecular weight is 825 g/mol. The second-order valence-electron chi connectivity index (χ2n) is 15.8. The highest BCUT2D eigenvalue weighted by Crippen LogP contribution is 2.45. The van der Waals surface area contributed by atoms with E-state index < -0.39 is 60.4 Å². The van der Waals surface area contributed by atoms with Crippen LogP contribution >= 0.6 is 0 Å². The normalized spacial score (nSPS) is 13.6. The van der Waals surface area contributed by atoms with Gasteiger partial charge < -0.3 is 9.47 Å². The molecule has 0 atom stereocenters. The number of anilines is 3. The Balaban J connectivity index is 1.17. The quantitative estimate of drug-likeness (QED) is 0.148. The predicted molar refractivity (Wildman–Crippen MR) is 272 cm³/mol. The molecule has 0 radical (unpaired) electrons. The van der Waals surface area contributed by atoms with Crippen molar-refractivity contribution in [2.75, 3.05) is 4.90 Å². The van der Waals surface area contributed by atoms with Gasteiger partial charge in [0, 0.05) is 33.2 Å². The first-order valence-corrected chi connectivity index (χ1v) is 21.2. The van der Waals surface area contributed by atoms with E-state index in [2.05, 4.69) is 102 Å². The van der Waals surface area contributed by atoms with E-state index in [1.165, 1.54) is 0 Å². The van der Waals surface area contributed by atoms with Crippen LogP contribution in [0.2, 0.25) is 0 Å². The Hall–Kier alpha value is -8.46. The molecular formula is C62H42N2. The zero-order valence-electron chi connectivity index (χ0n) is 44.4. The highest BCUT2D eigenvalue weighted by Gasteiger charge is 2.22. The Morgan fingerprint density at radius 3 is 1.58 bits per heavy atom. The van der Waals surface area contributed by atoms with Gasteiger partial charge in [0.25, 0.3) is 0 Å².